The molecule has 0 aromatic carbocycles. The first-order valence-corrected chi connectivity index (χ1v) is 13.0. The maximum absolute atomic E-state index is 13.2. The number of aromatic nitrogens is 1. The number of esters is 1. The number of cyclic esters (lactones) is 1. The minimum atomic E-state index is -0.690. The topological polar surface area (TPSA) is 76.5 Å². The number of hydrogen-bond acceptors (Lipinski definition) is 5. The molecule has 3 rings (SSSR count). The van der Waals surface area contributed by atoms with Crippen molar-refractivity contribution >= 4 is 17.8 Å². The average Bonchev–Trinajstić information content (AvgIpc) is 3.54. The maximum Gasteiger partial charge on any atom is 0.306 e. The van der Waals surface area contributed by atoms with Crippen molar-refractivity contribution in [2.45, 2.75) is 98.7 Å². The van der Waals surface area contributed by atoms with Crippen LogP contribution >= 0.6 is 0 Å². The van der Waals surface area contributed by atoms with Gasteiger partial charge in [-0.15, -0.1) is 0 Å². The van der Waals surface area contributed by atoms with E-state index in [9.17, 15) is 14.7 Å². The minimum Gasteiger partial charge on any atom is -0.458 e. The molecule has 1 aromatic heterocycles. The molecule has 0 spiro atoms. The molecule has 6 atom stereocenters. The fourth-order valence-corrected chi connectivity index (χ4v) is 5.34. The van der Waals surface area contributed by atoms with E-state index in [0.717, 1.165) is 42.5 Å². The zero-order chi connectivity index (χ0) is 25.0. The highest BCUT2D eigenvalue weighted by Crippen LogP contribution is 2.47. The number of carbonyl (C=O) groups excluding carboxylic acids is 2. The summed E-state index contributed by atoms with van der Waals surface area (Å²) in [6.45, 7) is 11.7. The van der Waals surface area contributed by atoms with E-state index in [4.69, 9.17) is 4.74 Å². The molecule has 5 nitrogen and oxygen atoms in total. The molecule has 34 heavy (non-hydrogen) atoms. The molecular weight excluding hydrogens is 426 g/mol. The Morgan fingerprint density at radius 2 is 1.88 bits per heavy atom. The lowest BCUT2D eigenvalue weighted by Gasteiger charge is -2.31. The molecule has 1 N–H and O–H groups in total. The highest BCUT2D eigenvalue weighted by atomic mass is 16.5. The van der Waals surface area contributed by atoms with Gasteiger partial charge in [0, 0.05) is 24.0 Å². The van der Waals surface area contributed by atoms with Crippen molar-refractivity contribution < 1.29 is 19.4 Å². The number of pyridine rings is 1. The Morgan fingerprint density at radius 1 is 1.15 bits per heavy atom. The number of rotatable bonds is 2. The van der Waals surface area contributed by atoms with Gasteiger partial charge >= 0.3 is 5.97 Å². The first-order chi connectivity index (χ1) is 16.0. The molecule has 0 unspecified atom stereocenters. The van der Waals surface area contributed by atoms with Gasteiger partial charge in [0.1, 0.15) is 11.9 Å². The van der Waals surface area contributed by atoms with Crippen molar-refractivity contribution in [2.24, 2.45) is 29.1 Å². The minimum absolute atomic E-state index is 0.0204. The quantitative estimate of drug-likeness (QED) is 0.544. The lowest BCUT2D eigenvalue weighted by atomic mass is 9.74. The highest BCUT2D eigenvalue weighted by Gasteiger charge is 2.41. The molecule has 0 radical (unpaired) electrons. The van der Waals surface area contributed by atoms with Crippen molar-refractivity contribution in [1.29, 1.82) is 0 Å². The first-order valence-electron chi connectivity index (χ1n) is 13.0. The van der Waals surface area contributed by atoms with Gasteiger partial charge in [-0.25, -0.2) is 0 Å². The van der Waals surface area contributed by atoms with E-state index < -0.39 is 17.4 Å². The van der Waals surface area contributed by atoms with Crippen LogP contribution < -0.4 is 0 Å². The number of aryl methyl sites for hydroxylation is 1. The highest BCUT2D eigenvalue weighted by molar-refractivity contribution is 5.87. The van der Waals surface area contributed by atoms with Crippen LogP contribution in [0.3, 0.4) is 0 Å². The van der Waals surface area contributed by atoms with E-state index in [-0.39, 0.29) is 30.2 Å². The zero-order valence-electron chi connectivity index (χ0n) is 21.8. The number of aliphatic hydroxyl groups excluding tert-OH is 1. The van der Waals surface area contributed by atoms with Crippen LogP contribution in [0.15, 0.2) is 23.9 Å². The Labute approximate surface area is 205 Å². The third-order valence-corrected chi connectivity index (χ3v) is 8.04. The van der Waals surface area contributed by atoms with E-state index in [1.807, 2.05) is 59.0 Å². The second-order valence-electron chi connectivity index (χ2n) is 11.6. The van der Waals surface area contributed by atoms with Gasteiger partial charge in [-0.05, 0) is 80.6 Å². The molecule has 0 amide bonds. The van der Waals surface area contributed by atoms with Crippen LogP contribution in [0.2, 0.25) is 0 Å². The smallest absolute Gasteiger partial charge is 0.306 e. The number of nitrogens with zero attached hydrogens (tertiary/aromatic N) is 1. The summed E-state index contributed by atoms with van der Waals surface area (Å²) in [7, 11) is 0. The Hall–Kier alpha value is -2.01. The van der Waals surface area contributed by atoms with Crippen LogP contribution in [-0.2, 0) is 14.3 Å². The Kier molecular flexibility index (Phi) is 8.72. The largest absolute Gasteiger partial charge is 0.458 e. The van der Waals surface area contributed by atoms with Crippen LogP contribution in [0, 0.1) is 36.0 Å². The van der Waals surface area contributed by atoms with E-state index >= 15 is 0 Å². The molecule has 2 heterocycles. The predicted molar refractivity (Wildman–Crippen MR) is 135 cm³/mol. The monoisotopic (exact) mass is 469 g/mol. The number of ketones is 1. The Balaban J connectivity index is 1.77. The number of hydrogen-bond donors (Lipinski definition) is 1. The molecule has 2 aliphatic rings. The lowest BCUT2D eigenvalue weighted by molar-refractivity contribution is -0.149. The van der Waals surface area contributed by atoms with Gasteiger partial charge in [-0.2, -0.15) is 0 Å². The number of Topliss-reactive ketones (excluding diaryl/α,β-unsaturated/α-hetero) is 1. The summed E-state index contributed by atoms with van der Waals surface area (Å²) < 4.78 is 6.00. The maximum atomic E-state index is 13.2. The van der Waals surface area contributed by atoms with Crippen molar-refractivity contribution in [3.63, 3.8) is 0 Å². The molecule has 5 heteroatoms. The molecule has 0 bridgehead atoms. The molecule has 1 saturated heterocycles. The number of fused-ring (bicyclic) bond motifs is 1. The summed E-state index contributed by atoms with van der Waals surface area (Å²) in [5.74, 6) is 0.625. The summed E-state index contributed by atoms with van der Waals surface area (Å²) in [6, 6.07) is 4.02. The summed E-state index contributed by atoms with van der Waals surface area (Å²) in [5, 5.41) is 10.8. The second kappa shape index (κ2) is 11.2. The summed E-state index contributed by atoms with van der Waals surface area (Å²) in [6.07, 6.45) is 8.67. The third kappa shape index (κ3) is 7.00. The summed E-state index contributed by atoms with van der Waals surface area (Å²) in [5.41, 5.74) is 2.30. The predicted octanol–water partition coefficient (Wildman–Crippen LogP) is 5.92. The van der Waals surface area contributed by atoms with Gasteiger partial charge in [0.2, 0.25) is 0 Å². The van der Waals surface area contributed by atoms with E-state index in [0.29, 0.717) is 18.3 Å². The molecule has 1 aromatic rings. The van der Waals surface area contributed by atoms with Gasteiger partial charge < -0.3 is 9.84 Å². The van der Waals surface area contributed by atoms with Crippen LogP contribution in [0.1, 0.15) is 90.8 Å². The van der Waals surface area contributed by atoms with E-state index in [1.165, 1.54) is 6.42 Å². The van der Waals surface area contributed by atoms with Gasteiger partial charge in [-0.1, -0.05) is 46.6 Å². The van der Waals surface area contributed by atoms with E-state index in [2.05, 4.69) is 11.9 Å². The average molecular weight is 470 g/mol. The van der Waals surface area contributed by atoms with Crippen molar-refractivity contribution in [3.05, 3.63) is 35.2 Å². The fraction of sp³-hybridized carbons (Fsp3) is 0.690. The zero-order valence-corrected chi connectivity index (χ0v) is 21.8. The van der Waals surface area contributed by atoms with Crippen molar-refractivity contribution in [1.82, 2.24) is 4.98 Å². The standard InChI is InChI=1S/C29H43NO4/c1-18-10-11-24(30-17-18)14-20(3)25-16-23-15-22(23)9-7-8-19(2)27(32)21(4)28(33)29(5,6)13-12-26(31)34-25/h10-11,14,17,19,21-23,25,27,32H,7-9,12-13,15-16H2,1-6H3/b20-14+/t19-,21+,22+,23-,25-,27-/m0/s1. The number of aliphatic hydroxyl groups is 1. The van der Waals surface area contributed by atoms with Crippen molar-refractivity contribution in [3.8, 4) is 0 Å². The first kappa shape index (κ1) is 26.6. The van der Waals surface area contributed by atoms with Gasteiger partial charge in [0.15, 0.2) is 0 Å². The number of carbonyl (C=O) groups is 2. The number of ether oxygens (including phenoxy) is 1. The lowest BCUT2D eigenvalue weighted by Crippen LogP contribution is -2.39. The molecule has 1 aliphatic heterocycles. The molecule has 1 aliphatic carbocycles. The molecular formula is C29H43NO4. The van der Waals surface area contributed by atoms with Crippen LogP contribution in [0.25, 0.3) is 6.08 Å². The van der Waals surface area contributed by atoms with E-state index in [1.54, 1.807) is 0 Å². The SMILES string of the molecule is C/C(=C\c1ccc(C)cn1)[C@@H]1C[C@@H]2C[C@H]2CCC[C@H](C)[C@H](O)[C@@H](C)C(=O)C(C)(C)CCC(=O)O1. The third-order valence-electron chi connectivity index (χ3n) is 8.04. The van der Waals surface area contributed by atoms with Gasteiger partial charge in [0.05, 0.1) is 11.8 Å². The summed E-state index contributed by atoms with van der Waals surface area (Å²) in [4.78, 5) is 30.5. The summed E-state index contributed by atoms with van der Waals surface area (Å²) >= 11 is 0. The van der Waals surface area contributed by atoms with Crippen LogP contribution in [0.5, 0.6) is 0 Å². The van der Waals surface area contributed by atoms with Crippen LogP contribution in [-0.4, -0.2) is 34.1 Å². The van der Waals surface area contributed by atoms with Crippen molar-refractivity contribution in [2.75, 3.05) is 0 Å². The van der Waals surface area contributed by atoms with Crippen LogP contribution in [0.4, 0.5) is 0 Å². The Morgan fingerprint density at radius 3 is 2.56 bits per heavy atom. The Bertz CT molecular complexity index is 888. The molecule has 188 valence electrons. The second-order valence-corrected chi connectivity index (χ2v) is 11.6. The van der Waals surface area contributed by atoms with Gasteiger partial charge in [-0.3, -0.25) is 14.6 Å². The normalized spacial score (nSPS) is 33.7. The van der Waals surface area contributed by atoms with Gasteiger partial charge in [0.25, 0.3) is 0 Å². The molecule has 1 saturated carbocycles. The molecule has 2 fully saturated rings. The fourth-order valence-electron chi connectivity index (χ4n) is 5.34.